The second-order valence-corrected chi connectivity index (χ2v) is 4.93. The van der Waals surface area contributed by atoms with Crippen LogP contribution in [-0.4, -0.2) is 9.97 Å². The van der Waals surface area contributed by atoms with E-state index in [4.69, 9.17) is 0 Å². The minimum atomic E-state index is -4.47. The zero-order chi connectivity index (χ0) is 12.6. The fourth-order valence-corrected chi connectivity index (χ4v) is 1.21. The lowest BCUT2D eigenvalue weighted by Gasteiger charge is -2.27. The van der Waals surface area contributed by atoms with Crippen molar-refractivity contribution in [1.82, 2.24) is 9.97 Å². The Morgan fingerprint density at radius 3 is 1.81 bits per heavy atom. The number of hydrogen-bond donors (Lipinski definition) is 0. The molecule has 0 saturated carbocycles. The summed E-state index contributed by atoms with van der Waals surface area (Å²) in [6.45, 7) is 8.02. The normalized spacial score (nSPS) is 14.9. The Balaban J connectivity index is 2.96. The molecular weight excluding hydrogens is 217 g/mol. The quantitative estimate of drug-likeness (QED) is 0.738. The smallest absolute Gasteiger partial charge is 0.233 e. The monoisotopic (exact) mass is 232 g/mol. The molecular formula is C11H15F3N2. The van der Waals surface area contributed by atoms with Gasteiger partial charge >= 0.3 is 6.18 Å². The maximum absolute atomic E-state index is 12.2. The molecule has 0 aromatic carbocycles. The molecule has 1 atom stereocenters. The SMILES string of the molecule is C[C@@H](c1cnc(C(F)(F)F)nc1)C(C)(C)C. The summed E-state index contributed by atoms with van der Waals surface area (Å²) >= 11 is 0. The van der Waals surface area contributed by atoms with Gasteiger partial charge in [-0.3, -0.25) is 0 Å². The molecule has 0 amide bonds. The Kier molecular flexibility index (Phi) is 3.26. The van der Waals surface area contributed by atoms with Crippen LogP contribution in [0.15, 0.2) is 12.4 Å². The average Bonchev–Trinajstić information content (AvgIpc) is 2.14. The number of hydrogen-bond acceptors (Lipinski definition) is 2. The van der Waals surface area contributed by atoms with Crippen molar-refractivity contribution in [3.63, 3.8) is 0 Å². The molecule has 1 heterocycles. The highest BCUT2D eigenvalue weighted by atomic mass is 19.4. The minimum absolute atomic E-state index is 0.0247. The van der Waals surface area contributed by atoms with Crippen LogP contribution in [0.4, 0.5) is 13.2 Å². The molecule has 1 rings (SSSR count). The molecule has 0 saturated heterocycles. The summed E-state index contributed by atoms with van der Waals surface area (Å²) < 4.78 is 36.7. The van der Waals surface area contributed by atoms with Crippen molar-refractivity contribution < 1.29 is 13.2 Å². The van der Waals surface area contributed by atoms with Crippen LogP contribution in [0.25, 0.3) is 0 Å². The Bertz CT molecular complexity index is 349. The first-order valence-electron chi connectivity index (χ1n) is 5.01. The van der Waals surface area contributed by atoms with E-state index in [1.54, 1.807) is 0 Å². The molecule has 5 heteroatoms. The molecule has 90 valence electrons. The summed E-state index contributed by atoms with van der Waals surface area (Å²) in [6.07, 6.45) is -1.96. The van der Waals surface area contributed by atoms with Crippen molar-refractivity contribution in [2.24, 2.45) is 5.41 Å². The number of rotatable bonds is 1. The van der Waals surface area contributed by atoms with Crippen LogP contribution >= 0.6 is 0 Å². The fourth-order valence-electron chi connectivity index (χ4n) is 1.21. The first kappa shape index (κ1) is 12.9. The van der Waals surface area contributed by atoms with Crippen molar-refractivity contribution in [2.75, 3.05) is 0 Å². The van der Waals surface area contributed by atoms with Crippen molar-refractivity contribution >= 4 is 0 Å². The van der Waals surface area contributed by atoms with Crippen LogP contribution in [0.5, 0.6) is 0 Å². The first-order valence-corrected chi connectivity index (χ1v) is 5.01. The third-order valence-electron chi connectivity index (χ3n) is 2.72. The number of nitrogens with zero attached hydrogens (tertiary/aromatic N) is 2. The van der Waals surface area contributed by atoms with E-state index in [1.807, 2.05) is 27.7 Å². The van der Waals surface area contributed by atoms with Gasteiger partial charge < -0.3 is 0 Å². The fraction of sp³-hybridized carbons (Fsp3) is 0.636. The number of halogens is 3. The zero-order valence-corrected chi connectivity index (χ0v) is 9.76. The van der Waals surface area contributed by atoms with Gasteiger partial charge in [0.1, 0.15) is 0 Å². The minimum Gasteiger partial charge on any atom is -0.233 e. The van der Waals surface area contributed by atoms with Crippen LogP contribution in [0.3, 0.4) is 0 Å². The summed E-state index contributed by atoms with van der Waals surface area (Å²) in [4.78, 5) is 6.70. The van der Waals surface area contributed by atoms with E-state index in [-0.39, 0.29) is 11.3 Å². The summed E-state index contributed by atoms with van der Waals surface area (Å²) in [6, 6.07) is 0. The van der Waals surface area contributed by atoms with Gasteiger partial charge in [-0.25, -0.2) is 9.97 Å². The summed E-state index contributed by atoms with van der Waals surface area (Å²) in [7, 11) is 0. The standard InChI is InChI=1S/C11H15F3N2/c1-7(10(2,3)4)8-5-15-9(16-6-8)11(12,13)14/h5-7H,1-4H3/t7-/m0/s1. The summed E-state index contributed by atoms with van der Waals surface area (Å²) in [5.74, 6) is -0.979. The summed E-state index contributed by atoms with van der Waals surface area (Å²) in [5.41, 5.74) is 0.698. The predicted octanol–water partition coefficient (Wildman–Crippen LogP) is 3.65. The Morgan fingerprint density at radius 1 is 1.06 bits per heavy atom. The molecule has 0 aliphatic rings. The van der Waals surface area contributed by atoms with Gasteiger partial charge in [-0.2, -0.15) is 13.2 Å². The maximum atomic E-state index is 12.2. The third kappa shape index (κ3) is 2.93. The molecule has 0 aliphatic heterocycles. The zero-order valence-electron chi connectivity index (χ0n) is 9.76. The highest BCUT2D eigenvalue weighted by Gasteiger charge is 2.34. The van der Waals surface area contributed by atoms with Crippen molar-refractivity contribution in [2.45, 2.75) is 39.8 Å². The van der Waals surface area contributed by atoms with Crippen molar-refractivity contribution in [3.8, 4) is 0 Å². The molecule has 1 aromatic rings. The largest absolute Gasteiger partial charge is 0.451 e. The molecule has 16 heavy (non-hydrogen) atoms. The summed E-state index contributed by atoms with van der Waals surface area (Å²) in [5, 5.41) is 0. The van der Waals surface area contributed by atoms with Crippen LogP contribution in [-0.2, 0) is 6.18 Å². The molecule has 0 fully saturated rings. The number of aromatic nitrogens is 2. The lowest BCUT2D eigenvalue weighted by molar-refractivity contribution is -0.145. The average molecular weight is 232 g/mol. The predicted molar refractivity (Wildman–Crippen MR) is 54.9 cm³/mol. The van der Waals surface area contributed by atoms with E-state index in [1.165, 1.54) is 12.4 Å². The first-order chi connectivity index (χ1) is 7.12. The molecule has 0 spiro atoms. The topological polar surface area (TPSA) is 25.8 Å². The van der Waals surface area contributed by atoms with E-state index in [9.17, 15) is 13.2 Å². The van der Waals surface area contributed by atoms with Gasteiger partial charge in [0, 0.05) is 12.4 Å². The highest BCUT2D eigenvalue weighted by Crippen LogP contribution is 2.34. The molecule has 0 unspecified atom stereocenters. The van der Waals surface area contributed by atoms with Gasteiger partial charge in [0.05, 0.1) is 0 Å². The third-order valence-corrected chi connectivity index (χ3v) is 2.72. The highest BCUT2D eigenvalue weighted by molar-refractivity contribution is 5.14. The second kappa shape index (κ2) is 4.03. The number of alkyl halides is 3. The van der Waals surface area contributed by atoms with E-state index in [2.05, 4.69) is 9.97 Å². The van der Waals surface area contributed by atoms with Crippen LogP contribution < -0.4 is 0 Å². The molecule has 2 nitrogen and oxygen atoms in total. The Labute approximate surface area is 92.9 Å². The van der Waals surface area contributed by atoms with E-state index >= 15 is 0 Å². The molecule has 0 bridgehead atoms. The Hall–Kier alpha value is -1.13. The second-order valence-electron chi connectivity index (χ2n) is 4.93. The maximum Gasteiger partial charge on any atom is 0.451 e. The Morgan fingerprint density at radius 2 is 1.50 bits per heavy atom. The van der Waals surface area contributed by atoms with E-state index in [0.29, 0.717) is 0 Å². The van der Waals surface area contributed by atoms with E-state index in [0.717, 1.165) is 5.56 Å². The lowest BCUT2D eigenvalue weighted by Crippen LogP contribution is -2.17. The van der Waals surface area contributed by atoms with Gasteiger partial charge in [-0.05, 0) is 16.9 Å². The van der Waals surface area contributed by atoms with Gasteiger partial charge in [-0.1, -0.05) is 27.7 Å². The van der Waals surface area contributed by atoms with Crippen LogP contribution in [0.2, 0.25) is 0 Å². The van der Waals surface area contributed by atoms with Crippen LogP contribution in [0, 0.1) is 5.41 Å². The van der Waals surface area contributed by atoms with Gasteiger partial charge in [0.15, 0.2) is 0 Å². The van der Waals surface area contributed by atoms with Gasteiger partial charge in [-0.15, -0.1) is 0 Å². The van der Waals surface area contributed by atoms with Crippen molar-refractivity contribution in [1.29, 1.82) is 0 Å². The van der Waals surface area contributed by atoms with Crippen LogP contribution in [0.1, 0.15) is 45.0 Å². The van der Waals surface area contributed by atoms with Gasteiger partial charge in [0.25, 0.3) is 0 Å². The molecule has 1 aromatic heterocycles. The molecule has 0 N–H and O–H groups in total. The van der Waals surface area contributed by atoms with E-state index < -0.39 is 12.0 Å². The molecule has 0 aliphatic carbocycles. The van der Waals surface area contributed by atoms with Gasteiger partial charge in [0.2, 0.25) is 5.82 Å². The van der Waals surface area contributed by atoms with Crippen molar-refractivity contribution in [3.05, 3.63) is 23.8 Å². The molecule has 0 radical (unpaired) electrons. The lowest BCUT2D eigenvalue weighted by atomic mass is 9.79.